The predicted molar refractivity (Wildman–Crippen MR) is 110 cm³/mol. The first-order valence-corrected chi connectivity index (χ1v) is 10.6. The summed E-state index contributed by atoms with van der Waals surface area (Å²) in [5.74, 6) is -0.225. The number of carbonyl (C=O) groups is 1. The summed E-state index contributed by atoms with van der Waals surface area (Å²) >= 11 is 11.9. The van der Waals surface area contributed by atoms with Crippen molar-refractivity contribution in [1.82, 2.24) is 0 Å². The van der Waals surface area contributed by atoms with Gasteiger partial charge in [-0.1, -0.05) is 23.2 Å². The summed E-state index contributed by atoms with van der Waals surface area (Å²) in [6, 6.07) is 8.72. The summed E-state index contributed by atoms with van der Waals surface area (Å²) in [6.45, 7) is 1.97. The zero-order valence-electron chi connectivity index (χ0n) is 15.5. The average molecular weight is 458 g/mol. The number of aryl methyl sites for hydroxylation is 1. The van der Waals surface area contributed by atoms with Gasteiger partial charge >= 0.3 is 5.97 Å². The van der Waals surface area contributed by atoms with Crippen LogP contribution in [-0.4, -0.2) is 34.7 Å². The van der Waals surface area contributed by atoms with Crippen molar-refractivity contribution in [2.75, 3.05) is 25.0 Å². The van der Waals surface area contributed by atoms with Gasteiger partial charge in [-0.15, -0.1) is 0 Å². The molecule has 0 bridgehead atoms. The summed E-state index contributed by atoms with van der Waals surface area (Å²) in [7, 11) is -2.51. The fourth-order valence-corrected chi connectivity index (χ4v) is 4.53. The lowest BCUT2D eigenvalue weighted by atomic mass is 10.1. The molecule has 0 aliphatic rings. The maximum absolute atomic E-state index is 12.7. The number of halogens is 2. The van der Waals surface area contributed by atoms with Gasteiger partial charge in [0.1, 0.15) is 28.4 Å². The van der Waals surface area contributed by atoms with Crippen molar-refractivity contribution in [2.45, 2.75) is 11.8 Å². The molecule has 0 aliphatic carbocycles. The number of methoxy groups -OCH3 is 1. The summed E-state index contributed by atoms with van der Waals surface area (Å²) in [5, 5.41) is 0.684. The van der Waals surface area contributed by atoms with E-state index in [1.807, 2.05) is 0 Å². The molecule has 0 saturated heterocycles. The van der Waals surface area contributed by atoms with E-state index in [2.05, 4.69) is 4.72 Å². The third-order valence-corrected chi connectivity index (χ3v) is 6.12. The minimum atomic E-state index is -4.01. The molecule has 0 aliphatic heterocycles. The highest BCUT2D eigenvalue weighted by Crippen LogP contribution is 2.31. The van der Waals surface area contributed by atoms with Crippen molar-refractivity contribution in [3.63, 3.8) is 0 Å². The van der Waals surface area contributed by atoms with Crippen LogP contribution in [0, 0.1) is 6.92 Å². The first-order valence-electron chi connectivity index (χ1n) is 8.40. The Kier molecular flexibility index (Phi) is 6.38. The number of hydrogen-bond donors (Lipinski definition) is 1. The first-order chi connectivity index (χ1) is 13.7. The monoisotopic (exact) mass is 457 g/mol. The molecule has 0 atom stereocenters. The molecule has 0 fully saturated rings. The predicted octanol–water partition coefficient (Wildman–Crippen LogP) is 4.65. The number of fused-ring (bicyclic) bond motifs is 1. The minimum Gasteiger partial charge on any atom is -0.460 e. The second kappa shape index (κ2) is 8.62. The molecule has 7 nitrogen and oxygen atoms in total. The fraction of sp³-hybridized carbons (Fsp3) is 0.211. The molecule has 0 radical (unpaired) electrons. The van der Waals surface area contributed by atoms with Gasteiger partial charge < -0.3 is 13.9 Å². The lowest BCUT2D eigenvalue weighted by molar-refractivity contribution is 0.0388. The van der Waals surface area contributed by atoms with Gasteiger partial charge in [0.25, 0.3) is 10.0 Å². The van der Waals surface area contributed by atoms with Crippen LogP contribution in [0.4, 0.5) is 5.69 Å². The molecule has 10 heteroatoms. The van der Waals surface area contributed by atoms with Gasteiger partial charge in [-0.25, -0.2) is 13.2 Å². The van der Waals surface area contributed by atoms with Crippen LogP contribution in [0.5, 0.6) is 0 Å². The number of nitrogens with one attached hydrogen (secondary N) is 1. The maximum atomic E-state index is 12.7. The topological polar surface area (TPSA) is 94.8 Å². The van der Waals surface area contributed by atoms with E-state index >= 15 is 0 Å². The van der Waals surface area contributed by atoms with Crippen LogP contribution in [0.15, 0.2) is 45.7 Å². The molecule has 154 valence electrons. The zero-order valence-corrected chi connectivity index (χ0v) is 17.8. The summed E-state index contributed by atoms with van der Waals surface area (Å²) in [5.41, 5.74) is 0.864. The summed E-state index contributed by atoms with van der Waals surface area (Å²) in [6.07, 6.45) is 0. The van der Waals surface area contributed by atoms with E-state index in [1.54, 1.807) is 13.0 Å². The average Bonchev–Trinajstić information content (AvgIpc) is 2.98. The van der Waals surface area contributed by atoms with Crippen LogP contribution >= 0.6 is 23.2 Å². The number of sulfonamides is 1. The molecule has 1 N–H and O–H groups in total. The molecule has 1 aromatic heterocycles. The number of ether oxygens (including phenoxy) is 2. The summed E-state index contributed by atoms with van der Waals surface area (Å²) < 4.78 is 43.5. The Bertz CT molecular complexity index is 1170. The van der Waals surface area contributed by atoms with Gasteiger partial charge in [0.15, 0.2) is 0 Å². The highest BCUT2D eigenvalue weighted by atomic mass is 35.5. The van der Waals surface area contributed by atoms with Gasteiger partial charge in [-0.3, -0.25) is 4.72 Å². The van der Waals surface area contributed by atoms with Crippen LogP contribution in [-0.2, 0) is 19.5 Å². The molecule has 0 unspecified atom stereocenters. The zero-order chi connectivity index (χ0) is 21.2. The van der Waals surface area contributed by atoms with Crippen molar-refractivity contribution in [3.05, 3.63) is 57.8 Å². The number of rotatable bonds is 7. The molecular formula is C19H17Cl2NO6S. The van der Waals surface area contributed by atoms with Crippen LogP contribution in [0.1, 0.15) is 16.1 Å². The number of anilines is 1. The number of esters is 1. The van der Waals surface area contributed by atoms with E-state index in [-0.39, 0.29) is 39.4 Å². The van der Waals surface area contributed by atoms with Gasteiger partial charge in [0, 0.05) is 23.2 Å². The largest absolute Gasteiger partial charge is 0.460 e. The first kappa shape index (κ1) is 21.4. The van der Waals surface area contributed by atoms with E-state index in [0.29, 0.717) is 16.7 Å². The van der Waals surface area contributed by atoms with Crippen LogP contribution < -0.4 is 4.72 Å². The quantitative estimate of drug-likeness (QED) is 0.409. The number of furan rings is 1. The molecule has 3 aromatic rings. The van der Waals surface area contributed by atoms with Gasteiger partial charge in [0.2, 0.25) is 0 Å². The Labute approximate surface area is 177 Å². The van der Waals surface area contributed by atoms with Gasteiger partial charge in [0.05, 0.1) is 11.6 Å². The van der Waals surface area contributed by atoms with Crippen molar-refractivity contribution in [1.29, 1.82) is 0 Å². The molecular weight excluding hydrogens is 441 g/mol. The van der Waals surface area contributed by atoms with Gasteiger partial charge in [-0.05, 0) is 43.3 Å². The van der Waals surface area contributed by atoms with E-state index in [1.165, 1.54) is 37.4 Å². The van der Waals surface area contributed by atoms with Crippen molar-refractivity contribution in [3.8, 4) is 0 Å². The van der Waals surface area contributed by atoms with Gasteiger partial charge in [-0.2, -0.15) is 0 Å². The van der Waals surface area contributed by atoms with E-state index in [9.17, 15) is 13.2 Å². The fourth-order valence-electron chi connectivity index (χ4n) is 2.72. The third-order valence-electron chi connectivity index (χ3n) is 4.02. The molecule has 0 spiro atoms. The van der Waals surface area contributed by atoms with Crippen molar-refractivity contribution < 1.29 is 27.1 Å². The van der Waals surface area contributed by atoms with Crippen molar-refractivity contribution >= 4 is 55.9 Å². The van der Waals surface area contributed by atoms with E-state index in [4.69, 9.17) is 37.1 Å². The molecule has 3 rings (SSSR count). The highest BCUT2D eigenvalue weighted by Gasteiger charge is 2.22. The lowest BCUT2D eigenvalue weighted by Crippen LogP contribution is -2.13. The SMILES string of the molecule is COCCOC(=O)c1c(C)oc2ccc(NS(=O)(=O)c3cc(Cl)ccc3Cl)cc12. The third kappa shape index (κ3) is 4.67. The smallest absolute Gasteiger partial charge is 0.342 e. The van der Waals surface area contributed by atoms with Crippen LogP contribution in [0.3, 0.4) is 0 Å². The number of hydrogen-bond acceptors (Lipinski definition) is 6. The lowest BCUT2D eigenvalue weighted by Gasteiger charge is -2.10. The summed E-state index contributed by atoms with van der Waals surface area (Å²) in [4.78, 5) is 12.2. The molecule has 0 saturated carbocycles. The second-order valence-corrected chi connectivity index (χ2v) is 8.55. The number of carbonyl (C=O) groups excluding carboxylic acids is 1. The standard InChI is InChI=1S/C19H17Cl2NO6S/c1-11-18(19(23)27-8-7-26-2)14-10-13(4-6-16(14)28-11)22-29(24,25)17-9-12(20)3-5-15(17)21/h3-6,9-10,22H,7-8H2,1-2H3. The van der Waals surface area contributed by atoms with Crippen LogP contribution in [0.2, 0.25) is 10.0 Å². The molecule has 2 aromatic carbocycles. The molecule has 1 heterocycles. The Balaban J connectivity index is 1.96. The van der Waals surface area contributed by atoms with E-state index < -0.39 is 16.0 Å². The Morgan fingerprint density at radius 2 is 1.90 bits per heavy atom. The Morgan fingerprint density at radius 1 is 1.14 bits per heavy atom. The number of benzene rings is 2. The molecule has 29 heavy (non-hydrogen) atoms. The molecule has 0 amide bonds. The Hall–Kier alpha value is -2.26. The minimum absolute atomic E-state index is 0.0320. The van der Waals surface area contributed by atoms with Crippen molar-refractivity contribution in [2.24, 2.45) is 0 Å². The Morgan fingerprint density at radius 3 is 2.62 bits per heavy atom. The van der Waals surface area contributed by atoms with Crippen LogP contribution in [0.25, 0.3) is 11.0 Å². The maximum Gasteiger partial charge on any atom is 0.342 e. The second-order valence-electron chi connectivity index (χ2n) is 6.05. The normalized spacial score (nSPS) is 11.6. The highest BCUT2D eigenvalue weighted by molar-refractivity contribution is 7.92. The van der Waals surface area contributed by atoms with E-state index in [0.717, 1.165) is 0 Å².